The van der Waals surface area contributed by atoms with E-state index in [2.05, 4.69) is 81.1 Å². The zero-order valence-electron chi connectivity index (χ0n) is 25.0. The number of methoxy groups -OCH3 is 1. The van der Waals surface area contributed by atoms with Gasteiger partial charge >= 0.3 is 5.97 Å². The molecule has 8 bridgehead atoms. The number of aryl methyl sites for hydroxylation is 3. The Bertz CT molecular complexity index is 1670. The Kier molecular flexibility index (Phi) is 7.69. The van der Waals surface area contributed by atoms with Crippen LogP contribution in [0.4, 0.5) is 0 Å². The molecule has 1 unspecified atom stereocenters. The van der Waals surface area contributed by atoms with Crippen LogP contribution in [0.3, 0.4) is 0 Å². The minimum absolute atomic E-state index is 0.114. The lowest BCUT2D eigenvalue weighted by molar-refractivity contribution is -0.140. The lowest BCUT2D eigenvalue weighted by Gasteiger charge is -2.16. The summed E-state index contributed by atoms with van der Waals surface area (Å²) in [6, 6.07) is 8.77. The Hall–Kier alpha value is -3.71. The largest absolute Gasteiger partial charge is 0.469 e. The molecule has 2 aliphatic rings. The molecule has 3 N–H and O–H groups in total. The summed E-state index contributed by atoms with van der Waals surface area (Å²) < 4.78 is 4.97. The van der Waals surface area contributed by atoms with E-state index in [4.69, 9.17) is 14.7 Å². The van der Waals surface area contributed by atoms with Crippen molar-refractivity contribution < 1.29 is 9.53 Å². The number of esters is 1. The molecule has 0 saturated carbocycles. The van der Waals surface area contributed by atoms with Gasteiger partial charge in [-0.25, -0.2) is 4.98 Å². The van der Waals surface area contributed by atoms with Crippen LogP contribution in [-0.4, -0.2) is 40.1 Å². The number of H-pyrrole nitrogens is 2. The second kappa shape index (κ2) is 11.0. The van der Waals surface area contributed by atoms with Crippen LogP contribution in [-0.2, 0) is 16.1 Å². The molecule has 7 heteroatoms. The molecule has 0 aliphatic carbocycles. The average molecular weight is 540 g/mol. The first kappa shape index (κ1) is 27.8. The molecular formula is C33H41N5O2. The van der Waals surface area contributed by atoms with Gasteiger partial charge in [0.25, 0.3) is 0 Å². The van der Waals surface area contributed by atoms with E-state index in [0.29, 0.717) is 12.8 Å². The first-order chi connectivity index (χ1) is 19.2. The molecule has 2 aliphatic heterocycles. The maximum absolute atomic E-state index is 12.1. The lowest BCUT2D eigenvalue weighted by atomic mass is 9.86. The fourth-order valence-corrected chi connectivity index (χ4v) is 6.22. The van der Waals surface area contributed by atoms with Gasteiger partial charge in [0.2, 0.25) is 0 Å². The molecule has 5 heterocycles. The number of rotatable bonds is 6. The molecule has 2 atom stereocenters. The van der Waals surface area contributed by atoms with Gasteiger partial charge in [-0.2, -0.15) is 0 Å². The van der Waals surface area contributed by atoms with E-state index >= 15 is 0 Å². The Balaban J connectivity index is 1.88. The summed E-state index contributed by atoms with van der Waals surface area (Å²) in [7, 11) is 3.43. The number of aromatic amines is 2. The molecule has 7 nitrogen and oxygen atoms in total. The van der Waals surface area contributed by atoms with E-state index in [1.54, 1.807) is 0 Å². The normalized spacial score (nSPS) is 17.0. The van der Waals surface area contributed by atoms with Crippen molar-refractivity contribution in [2.45, 2.75) is 79.2 Å². The van der Waals surface area contributed by atoms with Crippen LogP contribution >= 0.6 is 0 Å². The van der Waals surface area contributed by atoms with Crippen molar-refractivity contribution >= 4 is 39.2 Å². The van der Waals surface area contributed by atoms with Gasteiger partial charge in [0, 0.05) is 58.3 Å². The highest BCUT2D eigenvalue weighted by atomic mass is 16.5. The quantitative estimate of drug-likeness (QED) is 0.289. The highest BCUT2D eigenvalue weighted by Crippen LogP contribution is 2.42. The Morgan fingerprint density at radius 1 is 0.950 bits per heavy atom. The Labute approximate surface area is 236 Å². The molecule has 0 spiro atoms. The number of carbonyl (C=O) groups excluding carboxylic acids is 1. The number of hydrogen-bond donors (Lipinski definition) is 3. The minimum Gasteiger partial charge on any atom is -0.469 e. The van der Waals surface area contributed by atoms with Crippen molar-refractivity contribution in [3.05, 3.63) is 69.3 Å². The summed E-state index contributed by atoms with van der Waals surface area (Å²) in [4.78, 5) is 29.8. The molecule has 0 fully saturated rings. The van der Waals surface area contributed by atoms with E-state index in [1.807, 2.05) is 7.05 Å². The predicted molar refractivity (Wildman–Crippen MR) is 163 cm³/mol. The zero-order valence-corrected chi connectivity index (χ0v) is 25.0. The predicted octanol–water partition coefficient (Wildman–Crippen LogP) is 7.14. The summed E-state index contributed by atoms with van der Waals surface area (Å²) >= 11 is 0. The zero-order chi connectivity index (χ0) is 28.7. The van der Waals surface area contributed by atoms with E-state index in [1.165, 1.54) is 34.9 Å². The summed E-state index contributed by atoms with van der Waals surface area (Å²) in [6.07, 6.45) is 1.97. The fourth-order valence-electron chi connectivity index (χ4n) is 6.22. The van der Waals surface area contributed by atoms with Crippen LogP contribution in [0.2, 0.25) is 0 Å². The van der Waals surface area contributed by atoms with Crippen LogP contribution in [0.25, 0.3) is 33.2 Å². The number of ether oxygens (including phenoxy) is 1. The number of fused-ring (bicyclic) bond motifs is 8. The summed E-state index contributed by atoms with van der Waals surface area (Å²) in [5.74, 6) is 0.0833. The maximum atomic E-state index is 12.1. The SMILES string of the molecule is CCC1=C(C)c2cc3[nH]c(cc4nc(c(C)c5cc(C)c(cc1n2)[nH]5)[C@@H](CCC(=O)OC)C4C)c(C)c3CNC. The van der Waals surface area contributed by atoms with Crippen molar-refractivity contribution in [3.8, 4) is 0 Å². The van der Waals surface area contributed by atoms with E-state index in [-0.39, 0.29) is 17.8 Å². The molecule has 3 aromatic rings. The lowest BCUT2D eigenvalue weighted by Crippen LogP contribution is -2.08. The third kappa shape index (κ3) is 4.87. The van der Waals surface area contributed by atoms with Gasteiger partial charge in [0.1, 0.15) is 0 Å². The molecule has 210 valence electrons. The smallest absolute Gasteiger partial charge is 0.305 e. The van der Waals surface area contributed by atoms with Crippen molar-refractivity contribution in [1.29, 1.82) is 0 Å². The van der Waals surface area contributed by atoms with Crippen molar-refractivity contribution in [1.82, 2.24) is 25.3 Å². The molecular weight excluding hydrogens is 498 g/mol. The third-order valence-corrected chi connectivity index (χ3v) is 8.80. The van der Waals surface area contributed by atoms with Crippen molar-refractivity contribution in [2.24, 2.45) is 0 Å². The molecule has 5 rings (SSSR count). The van der Waals surface area contributed by atoms with Crippen LogP contribution in [0.5, 0.6) is 0 Å². The number of allylic oxidation sites excluding steroid dienone is 2. The van der Waals surface area contributed by atoms with Crippen LogP contribution in [0.1, 0.15) is 96.9 Å². The van der Waals surface area contributed by atoms with E-state index in [9.17, 15) is 4.79 Å². The van der Waals surface area contributed by atoms with Gasteiger partial charge in [-0.15, -0.1) is 0 Å². The third-order valence-electron chi connectivity index (χ3n) is 8.80. The van der Waals surface area contributed by atoms with Crippen molar-refractivity contribution in [2.75, 3.05) is 14.2 Å². The van der Waals surface area contributed by atoms with Gasteiger partial charge in [-0.3, -0.25) is 9.78 Å². The monoisotopic (exact) mass is 539 g/mol. The second-order valence-electron chi connectivity index (χ2n) is 11.2. The number of nitrogens with one attached hydrogen (secondary N) is 3. The number of carbonyl (C=O) groups is 1. The summed E-state index contributed by atoms with van der Waals surface area (Å²) in [5.41, 5.74) is 15.5. The number of aromatic nitrogens is 4. The number of hydrogen-bond acceptors (Lipinski definition) is 5. The molecule has 3 aromatic heterocycles. The van der Waals surface area contributed by atoms with Gasteiger partial charge < -0.3 is 20.0 Å². The van der Waals surface area contributed by atoms with E-state index < -0.39 is 0 Å². The highest BCUT2D eigenvalue weighted by Gasteiger charge is 2.31. The molecule has 0 aromatic carbocycles. The molecule has 0 saturated heterocycles. The summed E-state index contributed by atoms with van der Waals surface area (Å²) in [6.45, 7) is 13.8. The molecule has 0 amide bonds. The van der Waals surface area contributed by atoms with Crippen LogP contribution in [0.15, 0.2) is 24.3 Å². The standard InChI is InChI=1S/C33H41N5O2/c1-9-22-18(3)28-15-31-24(16-34-7)20(5)27(37-31)14-29-19(4)23(10-11-32(39)40-8)33(38-29)21(6)26-12-17(2)25(35-26)13-30(22)36-28/h12-15,19,23,34-35,37H,9-11,16H2,1-8H3/t19?,23-/m0/s1. The second-order valence-corrected chi connectivity index (χ2v) is 11.2. The summed E-state index contributed by atoms with van der Waals surface area (Å²) in [5, 5.41) is 3.34. The molecule has 0 radical (unpaired) electrons. The Morgan fingerprint density at radius 2 is 1.65 bits per heavy atom. The van der Waals surface area contributed by atoms with Crippen LogP contribution in [0, 0.1) is 20.8 Å². The van der Waals surface area contributed by atoms with Gasteiger partial charge in [-0.1, -0.05) is 13.8 Å². The van der Waals surface area contributed by atoms with Crippen LogP contribution < -0.4 is 5.32 Å². The van der Waals surface area contributed by atoms with Gasteiger partial charge in [0.05, 0.1) is 18.5 Å². The average Bonchev–Trinajstić information content (AvgIpc) is 3.63. The fraction of sp³-hybridized carbons (Fsp3) is 0.424. The highest BCUT2D eigenvalue weighted by molar-refractivity contribution is 5.92. The van der Waals surface area contributed by atoms with Crippen molar-refractivity contribution in [3.63, 3.8) is 0 Å². The van der Waals surface area contributed by atoms with Gasteiger partial charge in [-0.05, 0) is 105 Å². The molecule has 40 heavy (non-hydrogen) atoms. The minimum atomic E-state index is -0.187. The first-order valence-corrected chi connectivity index (χ1v) is 14.3. The van der Waals surface area contributed by atoms with E-state index in [0.717, 1.165) is 63.4 Å². The topological polar surface area (TPSA) is 95.7 Å². The maximum Gasteiger partial charge on any atom is 0.305 e. The number of nitrogens with zero attached hydrogens (tertiary/aromatic N) is 2. The Morgan fingerprint density at radius 3 is 2.35 bits per heavy atom. The first-order valence-electron chi connectivity index (χ1n) is 14.3. The van der Waals surface area contributed by atoms with Gasteiger partial charge in [0.15, 0.2) is 0 Å².